The molecule has 1 fully saturated rings. The number of aromatic nitrogens is 3. The summed E-state index contributed by atoms with van der Waals surface area (Å²) in [4.78, 5) is 16.4. The van der Waals surface area contributed by atoms with E-state index < -0.39 is 0 Å². The fraction of sp³-hybridized carbons (Fsp3) is 0.429. The summed E-state index contributed by atoms with van der Waals surface area (Å²) in [7, 11) is 0. The third-order valence-electron chi connectivity index (χ3n) is 3.13. The molecule has 2 aromatic rings. The van der Waals surface area contributed by atoms with Gasteiger partial charge in [0.05, 0.1) is 18.8 Å². The molecule has 10 heteroatoms. The molecular weight excluding hydrogens is 372 g/mol. The highest BCUT2D eigenvalue weighted by molar-refractivity contribution is 8.01. The molecule has 3 rings (SSSR count). The first-order valence-electron chi connectivity index (χ1n) is 7.33. The van der Waals surface area contributed by atoms with Gasteiger partial charge in [0.25, 0.3) is 5.91 Å². The summed E-state index contributed by atoms with van der Waals surface area (Å²) < 4.78 is 11.7. The van der Waals surface area contributed by atoms with Gasteiger partial charge in [-0.15, -0.1) is 10.2 Å². The molecule has 1 amide bonds. The van der Waals surface area contributed by atoms with Crippen LogP contribution < -0.4 is 10.1 Å². The predicted molar refractivity (Wildman–Crippen MR) is 93.4 cm³/mol. The van der Waals surface area contributed by atoms with Crippen LogP contribution in [-0.2, 0) is 4.74 Å². The maximum atomic E-state index is 12.3. The normalized spacial score (nSPS) is 17.0. The molecule has 1 aliphatic rings. The number of thioether (sulfide) groups is 1. The Morgan fingerprint density at radius 2 is 2.46 bits per heavy atom. The van der Waals surface area contributed by atoms with Gasteiger partial charge in [0.2, 0.25) is 11.0 Å². The van der Waals surface area contributed by atoms with Gasteiger partial charge < -0.3 is 9.47 Å². The van der Waals surface area contributed by atoms with Gasteiger partial charge in [0.1, 0.15) is 11.1 Å². The summed E-state index contributed by atoms with van der Waals surface area (Å²) in [6.45, 7) is 3.22. The van der Waals surface area contributed by atoms with Crippen molar-refractivity contribution in [3.63, 3.8) is 0 Å². The monoisotopic (exact) mass is 386 g/mol. The Bertz CT molecular complexity index is 722. The van der Waals surface area contributed by atoms with Crippen molar-refractivity contribution in [2.45, 2.75) is 23.8 Å². The van der Waals surface area contributed by atoms with Crippen LogP contribution in [0.5, 0.6) is 5.88 Å². The van der Waals surface area contributed by atoms with Crippen LogP contribution in [-0.4, -0.2) is 46.2 Å². The number of halogens is 1. The Morgan fingerprint density at radius 1 is 1.58 bits per heavy atom. The number of hydrogen-bond donors (Lipinski definition) is 1. The van der Waals surface area contributed by atoms with Crippen molar-refractivity contribution in [2.75, 3.05) is 24.3 Å². The van der Waals surface area contributed by atoms with Crippen molar-refractivity contribution in [1.29, 1.82) is 0 Å². The number of ether oxygens (including phenoxy) is 2. The van der Waals surface area contributed by atoms with E-state index in [4.69, 9.17) is 21.1 Å². The molecule has 1 unspecified atom stereocenters. The molecule has 1 N–H and O–H groups in total. The van der Waals surface area contributed by atoms with Gasteiger partial charge >= 0.3 is 0 Å². The lowest BCUT2D eigenvalue weighted by atomic mass is 10.2. The van der Waals surface area contributed by atoms with Crippen LogP contribution in [0.25, 0.3) is 0 Å². The molecule has 128 valence electrons. The summed E-state index contributed by atoms with van der Waals surface area (Å²) in [5.41, 5.74) is 0.329. The van der Waals surface area contributed by atoms with Crippen LogP contribution in [0.4, 0.5) is 5.13 Å². The van der Waals surface area contributed by atoms with E-state index in [0.29, 0.717) is 29.8 Å². The van der Waals surface area contributed by atoms with E-state index in [1.165, 1.54) is 23.6 Å². The zero-order valence-electron chi connectivity index (χ0n) is 12.8. The topological polar surface area (TPSA) is 86.2 Å². The molecule has 0 spiro atoms. The number of amides is 1. The number of carbonyl (C=O) groups is 1. The third kappa shape index (κ3) is 4.35. The van der Waals surface area contributed by atoms with Crippen LogP contribution in [0.2, 0.25) is 5.02 Å². The number of hydrogen-bond acceptors (Lipinski definition) is 8. The Labute approximate surface area is 152 Å². The first-order chi connectivity index (χ1) is 11.7. The van der Waals surface area contributed by atoms with E-state index in [-0.39, 0.29) is 17.0 Å². The highest BCUT2D eigenvalue weighted by Gasteiger charge is 2.20. The average molecular weight is 387 g/mol. The number of carbonyl (C=O) groups excluding carboxylic acids is 1. The van der Waals surface area contributed by atoms with Gasteiger partial charge in [-0.2, -0.15) is 0 Å². The second-order valence-electron chi connectivity index (χ2n) is 4.87. The van der Waals surface area contributed by atoms with Crippen LogP contribution >= 0.6 is 34.7 Å². The Morgan fingerprint density at radius 3 is 3.17 bits per heavy atom. The number of pyridine rings is 1. The summed E-state index contributed by atoms with van der Waals surface area (Å²) in [6, 6.07) is 1.53. The standard InChI is InChI=1S/C14H15ClN4O3S2/c1-2-23-14-19-18-13(24-14)17-11(20)8-5-10(15)12(16-6-8)22-9-3-4-21-7-9/h5-6,9H,2-4,7H2,1H3,(H,17,18,20). The highest BCUT2D eigenvalue weighted by atomic mass is 35.5. The lowest BCUT2D eigenvalue weighted by Gasteiger charge is -2.12. The molecule has 3 heterocycles. The first kappa shape index (κ1) is 17.4. The molecule has 0 aliphatic carbocycles. The molecule has 0 radical (unpaired) electrons. The number of nitrogens with zero attached hydrogens (tertiary/aromatic N) is 3. The van der Waals surface area contributed by atoms with Gasteiger partial charge in [0, 0.05) is 12.6 Å². The summed E-state index contributed by atoms with van der Waals surface area (Å²) in [5.74, 6) is 0.862. The summed E-state index contributed by atoms with van der Waals surface area (Å²) >= 11 is 9.06. The largest absolute Gasteiger partial charge is 0.471 e. The number of nitrogens with one attached hydrogen (secondary N) is 1. The van der Waals surface area contributed by atoms with Crippen LogP contribution in [0.15, 0.2) is 16.6 Å². The average Bonchev–Trinajstić information content (AvgIpc) is 3.22. The summed E-state index contributed by atoms with van der Waals surface area (Å²) in [6.07, 6.45) is 2.18. The summed E-state index contributed by atoms with van der Waals surface area (Å²) in [5, 5.41) is 11.3. The minimum atomic E-state index is -0.343. The second-order valence-corrected chi connectivity index (χ2v) is 7.77. The van der Waals surface area contributed by atoms with Crippen molar-refractivity contribution in [2.24, 2.45) is 0 Å². The van der Waals surface area contributed by atoms with Crippen molar-refractivity contribution in [3.8, 4) is 5.88 Å². The lowest BCUT2D eigenvalue weighted by molar-refractivity contribution is 0.102. The van der Waals surface area contributed by atoms with Crippen molar-refractivity contribution in [1.82, 2.24) is 15.2 Å². The number of rotatable bonds is 6. The molecule has 0 aromatic carbocycles. The zero-order chi connectivity index (χ0) is 16.9. The molecule has 1 aliphatic heterocycles. The smallest absolute Gasteiger partial charge is 0.259 e. The van der Waals surface area contributed by atoms with E-state index in [1.807, 2.05) is 6.92 Å². The molecular formula is C14H15ClN4O3S2. The molecule has 1 atom stereocenters. The SMILES string of the molecule is CCSc1nnc(NC(=O)c2cnc(OC3CCOC3)c(Cl)c2)s1. The van der Waals surface area contributed by atoms with E-state index >= 15 is 0 Å². The zero-order valence-corrected chi connectivity index (χ0v) is 15.2. The second kappa shape index (κ2) is 8.11. The van der Waals surface area contributed by atoms with Crippen molar-refractivity contribution < 1.29 is 14.3 Å². The van der Waals surface area contributed by atoms with E-state index in [0.717, 1.165) is 16.5 Å². The molecule has 0 saturated carbocycles. The van der Waals surface area contributed by atoms with E-state index in [9.17, 15) is 4.79 Å². The Hall–Kier alpha value is -1.42. The van der Waals surface area contributed by atoms with Gasteiger partial charge in [-0.05, 0) is 11.8 Å². The Balaban J connectivity index is 1.64. The highest BCUT2D eigenvalue weighted by Crippen LogP contribution is 2.27. The van der Waals surface area contributed by atoms with Gasteiger partial charge in [-0.3, -0.25) is 10.1 Å². The fourth-order valence-electron chi connectivity index (χ4n) is 2.01. The minimum absolute atomic E-state index is 0.0504. The van der Waals surface area contributed by atoms with Gasteiger partial charge in [-0.1, -0.05) is 41.6 Å². The molecule has 2 aromatic heterocycles. The fourth-order valence-corrected chi connectivity index (χ4v) is 3.87. The predicted octanol–water partition coefficient (Wildman–Crippen LogP) is 3.12. The molecule has 1 saturated heterocycles. The van der Waals surface area contributed by atoms with Crippen molar-refractivity contribution >= 4 is 45.7 Å². The maximum absolute atomic E-state index is 12.3. The van der Waals surface area contributed by atoms with Crippen LogP contribution in [0.3, 0.4) is 0 Å². The molecule has 0 bridgehead atoms. The van der Waals surface area contributed by atoms with Gasteiger partial charge in [0.15, 0.2) is 4.34 Å². The van der Waals surface area contributed by atoms with Crippen molar-refractivity contribution in [3.05, 3.63) is 22.8 Å². The van der Waals surface area contributed by atoms with E-state index in [2.05, 4.69) is 20.5 Å². The Kier molecular flexibility index (Phi) is 5.88. The van der Waals surface area contributed by atoms with E-state index in [1.54, 1.807) is 11.8 Å². The minimum Gasteiger partial charge on any atom is -0.471 e. The maximum Gasteiger partial charge on any atom is 0.259 e. The molecule has 7 nitrogen and oxygen atoms in total. The first-order valence-corrected chi connectivity index (χ1v) is 9.51. The molecule has 24 heavy (non-hydrogen) atoms. The van der Waals surface area contributed by atoms with Crippen LogP contribution in [0.1, 0.15) is 23.7 Å². The van der Waals surface area contributed by atoms with Crippen LogP contribution in [0, 0.1) is 0 Å². The quantitative estimate of drug-likeness (QED) is 0.602. The third-order valence-corrected chi connectivity index (χ3v) is 5.26. The lowest BCUT2D eigenvalue weighted by Crippen LogP contribution is -2.17. The number of anilines is 1. The van der Waals surface area contributed by atoms with Gasteiger partial charge in [-0.25, -0.2) is 4.98 Å².